The fourth-order valence-electron chi connectivity index (χ4n) is 2.81. The Morgan fingerprint density at radius 2 is 2.23 bits per heavy atom. The van der Waals surface area contributed by atoms with E-state index in [1.165, 1.54) is 0 Å². The quantitative estimate of drug-likeness (QED) is 0.612. The van der Waals surface area contributed by atoms with Gasteiger partial charge in [-0.15, -0.1) is 0 Å². The first-order valence-corrected chi connectivity index (χ1v) is 8.36. The molecule has 22 heavy (non-hydrogen) atoms. The monoisotopic (exact) mass is 306 g/mol. The molecule has 1 aromatic heterocycles. The van der Waals surface area contributed by atoms with Crippen LogP contribution in [0.2, 0.25) is 0 Å². The van der Waals surface area contributed by atoms with Crippen molar-refractivity contribution in [1.29, 1.82) is 0 Å². The van der Waals surface area contributed by atoms with Crippen LogP contribution in [-0.4, -0.2) is 58.9 Å². The molecule has 2 unspecified atom stereocenters. The number of aliphatic imine (C=N–C) groups is 1. The number of guanidine groups is 1. The molecule has 1 aliphatic rings. The topological polar surface area (TPSA) is 57.5 Å². The van der Waals surface area contributed by atoms with Crippen LogP contribution in [0, 0.1) is 5.92 Å². The molecular formula is C16H30N6. The van der Waals surface area contributed by atoms with Crippen molar-refractivity contribution in [2.45, 2.75) is 46.3 Å². The lowest BCUT2D eigenvalue weighted by Crippen LogP contribution is -2.47. The van der Waals surface area contributed by atoms with E-state index in [-0.39, 0.29) is 0 Å². The lowest BCUT2D eigenvalue weighted by molar-refractivity contribution is 0.265. The molecule has 0 amide bonds. The Balaban J connectivity index is 1.87. The van der Waals surface area contributed by atoms with Gasteiger partial charge in [0.05, 0.1) is 13.1 Å². The van der Waals surface area contributed by atoms with E-state index < -0.39 is 0 Å². The number of hydrogen-bond donors (Lipinski definition) is 2. The summed E-state index contributed by atoms with van der Waals surface area (Å²) in [4.78, 5) is 7.19. The average Bonchev–Trinajstić information content (AvgIpc) is 3.10. The van der Waals surface area contributed by atoms with Gasteiger partial charge in [0.2, 0.25) is 0 Å². The van der Waals surface area contributed by atoms with Crippen molar-refractivity contribution in [2.75, 3.05) is 26.2 Å². The van der Waals surface area contributed by atoms with Gasteiger partial charge in [0.1, 0.15) is 0 Å². The van der Waals surface area contributed by atoms with Crippen molar-refractivity contribution in [3.8, 4) is 0 Å². The first-order chi connectivity index (χ1) is 10.6. The second-order valence-corrected chi connectivity index (χ2v) is 6.31. The number of nitrogens with one attached hydrogen (secondary N) is 2. The fraction of sp³-hybridized carbons (Fsp3) is 0.750. The average molecular weight is 306 g/mol. The van der Waals surface area contributed by atoms with Crippen LogP contribution in [0.4, 0.5) is 0 Å². The van der Waals surface area contributed by atoms with E-state index in [2.05, 4.69) is 53.3 Å². The minimum Gasteiger partial charge on any atom is -0.357 e. The van der Waals surface area contributed by atoms with Gasteiger partial charge in [-0.2, -0.15) is 5.10 Å². The van der Waals surface area contributed by atoms with Crippen LogP contribution in [0.25, 0.3) is 0 Å². The standard InChI is InChI=1S/C16H30N6/c1-5-17-16(18-8-10-22-9-6-7-19-22)20-15-12-21(13(2)3)11-14(15)4/h6-7,9,13-15H,5,8,10-12H2,1-4H3,(H2,17,18,20). The van der Waals surface area contributed by atoms with E-state index in [0.717, 1.165) is 38.7 Å². The molecule has 1 saturated heterocycles. The summed E-state index contributed by atoms with van der Waals surface area (Å²) in [6.07, 6.45) is 3.77. The third kappa shape index (κ3) is 4.73. The van der Waals surface area contributed by atoms with E-state index in [1.807, 2.05) is 16.9 Å². The van der Waals surface area contributed by atoms with Gasteiger partial charge in [0.15, 0.2) is 5.96 Å². The molecule has 2 heterocycles. The summed E-state index contributed by atoms with van der Waals surface area (Å²) in [6.45, 7) is 13.6. The lowest BCUT2D eigenvalue weighted by atomic mass is 10.1. The molecule has 0 spiro atoms. The maximum Gasteiger partial charge on any atom is 0.191 e. The largest absolute Gasteiger partial charge is 0.357 e. The molecule has 2 N–H and O–H groups in total. The molecule has 124 valence electrons. The first-order valence-electron chi connectivity index (χ1n) is 8.36. The molecule has 0 saturated carbocycles. The summed E-state index contributed by atoms with van der Waals surface area (Å²) in [5, 5.41) is 11.1. The maximum atomic E-state index is 4.67. The highest BCUT2D eigenvalue weighted by molar-refractivity contribution is 5.80. The summed E-state index contributed by atoms with van der Waals surface area (Å²) in [6, 6.07) is 3.01. The highest BCUT2D eigenvalue weighted by Gasteiger charge is 2.31. The van der Waals surface area contributed by atoms with Gasteiger partial charge in [-0.1, -0.05) is 6.92 Å². The first kappa shape index (κ1) is 16.8. The highest BCUT2D eigenvalue weighted by atomic mass is 15.3. The Bertz CT molecular complexity index is 453. The lowest BCUT2D eigenvalue weighted by Gasteiger charge is -2.21. The van der Waals surface area contributed by atoms with Crippen molar-refractivity contribution >= 4 is 5.96 Å². The molecule has 0 aliphatic carbocycles. The van der Waals surface area contributed by atoms with Gasteiger partial charge in [-0.05, 0) is 32.8 Å². The van der Waals surface area contributed by atoms with Crippen LogP contribution in [0.1, 0.15) is 27.7 Å². The number of aromatic nitrogens is 2. The van der Waals surface area contributed by atoms with Crippen LogP contribution in [0.15, 0.2) is 23.5 Å². The van der Waals surface area contributed by atoms with Crippen molar-refractivity contribution in [3.63, 3.8) is 0 Å². The van der Waals surface area contributed by atoms with Crippen LogP contribution in [-0.2, 0) is 6.54 Å². The Hall–Kier alpha value is -1.56. The van der Waals surface area contributed by atoms with E-state index in [0.29, 0.717) is 18.0 Å². The maximum absolute atomic E-state index is 4.67. The second kappa shape index (κ2) is 8.17. The number of nitrogens with zero attached hydrogens (tertiary/aromatic N) is 4. The molecule has 0 bridgehead atoms. The Kier molecular flexibility index (Phi) is 6.24. The molecule has 2 atom stereocenters. The van der Waals surface area contributed by atoms with Gasteiger partial charge in [0.25, 0.3) is 0 Å². The van der Waals surface area contributed by atoms with Gasteiger partial charge in [0, 0.05) is 44.1 Å². The van der Waals surface area contributed by atoms with Crippen LogP contribution >= 0.6 is 0 Å². The van der Waals surface area contributed by atoms with Gasteiger partial charge in [-0.25, -0.2) is 0 Å². The second-order valence-electron chi connectivity index (χ2n) is 6.31. The Morgan fingerprint density at radius 1 is 1.41 bits per heavy atom. The number of rotatable bonds is 6. The van der Waals surface area contributed by atoms with Crippen molar-refractivity contribution in [3.05, 3.63) is 18.5 Å². The van der Waals surface area contributed by atoms with Gasteiger partial charge in [-0.3, -0.25) is 14.6 Å². The molecule has 1 aliphatic heterocycles. The van der Waals surface area contributed by atoms with E-state index >= 15 is 0 Å². The zero-order valence-corrected chi connectivity index (χ0v) is 14.3. The molecule has 0 radical (unpaired) electrons. The summed E-state index contributed by atoms with van der Waals surface area (Å²) >= 11 is 0. The van der Waals surface area contributed by atoms with Gasteiger partial charge >= 0.3 is 0 Å². The summed E-state index contributed by atoms with van der Waals surface area (Å²) < 4.78 is 1.91. The van der Waals surface area contributed by atoms with Crippen molar-refractivity contribution < 1.29 is 0 Å². The SMILES string of the molecule is CCNC(=NCCn1cccn1)NC1CN(C(C)C)CC1C. The van der Waals surface area contributed by atoms with Crippen LogP contribution < -0.4 is 10.6 Å². The fourth-order valence-corrected chi connectivity index (χ4v) is 2.81. The molecule has 2 rings (SSSR count). The van der Waals surface area contributed by atoms with E-state index in [9.17, 15) is 0 Å². The smallest absolute Gasteiger partial charge is 0.191 e. The Morgan fingerprint density at radius 3 is 2.82 bits per heavy atom. The molecule has 0 aromatic carbocycles. The normalized spacial score (nSPS) is 23.2. The molecule has 1 aromatic rings. The predicted octanol–water partition coefficient (Wildman–Crippen LogP) is 1.17. The predicted molar refractivity (Wildman–Crippen MR) is 91.0 cm³/mol. The summed E-state index contributed by atoms with van der Waals surface area (Å²) in [7, 11) is 0. The third-order valence-corrected chi connectivity index (χ3v) is 4.20. The van der Waals surface area contributed by atoms with E-state index in [1.54, 1.807) is 6.20 Å². The van der Waals surface area contributed by atoms with E-state index in [4.69, 9.17) is 0 Å². The van der Waals surface area contributed by atoms with Crippen LogP contribution in [0.5, 0.6) is 0 Å². The molecular weight excluding hydrogens is 276 g/mol. The minimum absolute atomic E-state index is 0.463. The summed E-state index contributed by atoms with van der Waals surface area (Å²) in [5.41, 5.74) is 0. The zero-order valence-electron chi connectivity index (χ0n) is 14.3. The van der Waals surface area contributed by atoms with Crippen molar-refractivity contribution in [2.24, 2.45) is 10.9 Å². The summed E-state index contributed by atoms with van der Waals surface area (Å²) in [5.74, 6) is 1.55. The minimum atomic E-state index is 0.463. The number of hydrogen-bond acceptors (Lipinski definition) is 3. The number of likely N-dealkylation sites (tertiary alicyclic amines) is 1. The molecule has 6 nitrogen and oxygen atoms in total. The third-order valence-electron chi connectivity index (χ3n) is 4.20. The van der Waals surface area contributed by atoms with Crippen molar-refractivity contribution in [1.82, 2.24) is 25.3 Å². The molecule has 1 fully saturated rings. The van der Waals surface area contributed by atoms with Crippen LogP contribution in [0.3, 0.4) is 0 Å². The molecule has 6 heteroatoms. The Labute approximate surface area is 134 Å². The van der Waals surface area contributed by atoms with Gasteiger partial charge < -0.3 is 10.6 Å². The highest BCUT2D eigenvalue weighted by Crippen LogP contribution is 2.18. The zero-order chi connectivity index (χ0) is 15.9.